The van der Waals surface area contributed by atoms with Crippen LogP contribution in [0.3, 0.4) is 0 Å². The van der Waals surface area contributed by atoms with Gasteiger partial charge in [-0.15, -0.1) is 11.3 Å². The summed E-state index contributed by atoms with van der Waals surface area (Å²) in [6.07, 6.45) is 3.27. The summed E-state index contributed by atoms with van der Waals surface area (Å²) >= 11 is 1.63. The van der Waals surface area contributed by atoms with Crippen LogP contribution in [0.4, 0.5) is 10.5 Å². The van der Waals surface area contributed by atoms with Crippen LogP contribution in [0.15, 0.2) is 42.0 Å². The molecule has 2 amide bonds. The Morgan fingerprint density at radius 3 is 2.76 bits per heavy atom. The lowest BCUT2D eigenvalue weighted by atomic mass is 10.3. The second-order valence-corrected chi connectivity index (χ2v) is 4.55. The highest BCUT2D eigenvalue weighted by atomic mass is 32.1. The minimum atomic E-state index is -0.211. The van der Waals surface area contributed by atoms with Crippen molar-refractivity contribution in [3.05, 3.63) is 46.9 Å². The van der Waals surface area contributed by atoms with E-state index in [4.69, 9.17) is 0 Å². The summed E-state index contributed by atoms with van der Waals surface area (Å²) in [5.74, 6) is 0. The first-order valence-corrected chi connectivity index (χ1v) is 6.14. The molecule has 0 aromatic carbocycles. The Morgan fingerprint density at radius 2 is 2.12 bits per heavy atom. The van der Waals surface area contributed by atoms with Crippen LogP contribution in [0.2, 0.25) is 0 Å². The summed E-state index contributed by atoms with van der Waals surface area (Å²) in [5, 5.41) is 7.61. The van der Waals surface area contributed by atoms with Gasteiger partial charge in [0.1, 0.15) is 0 Å². The maximum atomic E-state index is 11.7. The van der Waals surface area contributed by atoms with Crippen molar-refractivity contribution < 1.29 is 4.79 Å². The number of pyridine rings is 1. The summed E-state index contributed by atoms with van der Waals surface area (Å²) in [4.78, 5) is 16.7. The predicted molar refractivity (Wildman–Crippen MR) is 69.1 cm³/mol. The van der Waals surface area contributed by atoms with Gasteiger partial charge < -0.3 is 10.6 Å². The number of nitrogens with one attached hydrogen (secondary N) is 2. The molecule has 0 saturated heterocycles. The molecule has 0 aliphatic rings. The van der Waals surface area contributed by atoms with Gasteiger partial charge in [0, 0.05) is 23.0 Å². The van der Waals surface area contributed by atoms with Crippen molar-refractivity contribution in [2.24, 2.45) is 0 Å². The second-order valence-electron chi connectivity index (χ2n) is 3.57. The van der Waals surface area contributed by atoms with E-state index in [9.17, 15) is 4.79 Å². The summed E-state index contributed by atoms with van der Waals surface area (Å²) in [6.45, 7) is 1.96. The molecule has 2 aromatic rings. The Balaban J connectivity index is 1.90. The number of carbonyl (C=O) groups is 1. The van der Waals surface area contributed by atoms with Crippen LogP contribution in [0.5, 0.6) is 0 Å². The molecule has 0 aliphatic heterocycles. The molecule has 2 heterocycles. The molecule has 4 nitrogen and oxygen atoms in total. The molecular formula is C12H13N3OS. The monoisotopic (exact) mass is 247 g/mol. The number of anilines is 1. The molecule has 2 rings (SSSR count). The Hall–Kier alpha value is -1.88. The Bertz CT molecular complexity index is 470. The number of hydrogen-bond acceptors (Lipinski definition) is 3. The van der Waals surface area contributed by atoms with Crippen LogP contribution in [-0.4, -0.2) is 11.0 Å². The van der Waals surface area contributed by atoms with Gasteiger partial charge in [-0.05, 0) is 30.5 Å². The Labute approximate surface area is 104 Å². The van der Waals surface area contributed by atoms with Crippen LogP contribution < -0.4 is 10.6 Å². The summed E-state index contributed by atoms with van der Waals surface area (Å²) in [5.41, 5.74) is 0.732. The van der Waals surface area contributed by atoms with Gasteiger partial charge in [-0.1, -0.05) is 6.07 Å². The van der Waals surface area contributed by atoms with E-state index < -0.39 is 0 Å². The van der Waals surface area contributed by atoms with Crippen molar-refractivity contribution in [1.82, 2.24) is 10.3 Å². The summed E-state index contributed by atoms with van der Waals surface area (Å²) in [6, 6.07) is 7.26. The Kier molecular flexibility index (Phi) is 3.72. The highest BCUT2D eigenvalue weighted by Gasteiger charge is 2.09. The van der Waals surface area contributed by atoms with E-state index in [-0.39, 0.29) is 12.1 Å². The fraction of sp³-hybridized carbons (Fsp3) is 0.167. The molecule has 88 valence electrons. The molecule has 2 aromatic heterocycles. The number of thiophene rings is 1. The van der Waals surface area contributed by atoms with Gasteiger partial charge >= 0.3 is 6.03 Å². The third-order valence-electron chi connectivity index (χ3n) is 2.26. The maximum absolute atomic E-state index is 11.7. The smallest absolute Gasteiger partial charge is 0.319 e. The van der Waals surface area contributed by atoms with Crippen LogP contribution in [0.25, 0.3) is 0 Å². The third kappa shape index (κ3) is 3.29. The zero-order chi connectivity index (χ0) is 12.1. The molecule has 2 N–H and O–H groups in total. The number of hydrogen-bond donors (Lipinski definition) is 2. The normalized spacial score (nSPS) is 11.8. The lowest BCUT2D eigenvalue weighted by Crippen LogP contribution is -2.30. The molecule has 17 heavy (non-hydrogen) atoms. The molecule has 0 fully saturated rings. The number of amides is 2. The highest BCUT2D eigenvalue weighted by Crippen LogP contribution is 2.18. The first-order valence-electron chi connectivity index (χ1n) is 5.26. The molecule has 0 saturated carbocycles. The Morgan fingerprint density at radius 1 is 1.35 bits per heavy atom. The summed E-state index contributed by atoms with van der Waals surface area (Å²) < 4.78 is 0. The van der Waals surface area contributed by atoms with E-state index in [0.29, 0.717) is 0 Å². The van der Waals surface area contributed by atoms with Crippen molar-refractivity contribution in [3.63, 3.8) is 0 Å². The van der Waals surface area contributed by atoms with Crippen molar-refractivity contribution in [3.8, 4) is 0 Å². The van der Waals surface area contributed by atoms with E-state index in [1.54, 1.807) is 35.9 Å². The number of aromatic nitrogens is 1. The first-order chi connectivity index (χ1) is 8.25. The maximum Gasteiger partial charge on any atom is 0.319 e. The minimum absolute atomic E-state index is 0.0110. The van der Waals surface area contributed by atoms with Crippen molar-refractivity contribution >= 4 is 23.1 Å². The highest BCUT2D eigenvalue weighted by molar-refractivity contribution is 7.10. The van der Waals surface area contributed by atoms with Gasteiger partial charge in [0.05, 0.1) is 6.04 Å². The van der Waals surface area contributed by atoms with Gasteiger partial charge in [0.25, 0.3) is 0 Å². The van der Waals surface area contributed by atoms with Crippen molar-refractivity contribution in [2.75, 3.05) is 5.32 Å². The fourth-order valence-corrected chi connectivity index (χ4v) is 2.14. The molecule has 5 heteroatoms. The summed E-state index contributed by atoms with van der Waals surface area (Å²) in [7, 11) is 0. The average molecular weight is 247 g/mol. The van der Waals surface area contributed by atoms with E-state index in [0.717, 1.165) is 10.6 Å². The molecule has 0 unspecified atom stereocenters. The van der Waals surface area contributed by atoms with E-state index >= 15 is 0 Å². The minimum Gasteiger partial charge on any atom is -0.331 e. The lowest BCUT2D eigenvalue weighted by molar-refractivity contribution is 0.249. The zero-order valence-corrected chi connectivity index (χ0v) is 10.2. The average Bonchev–Trinajstić information content (AvgIpc) is 2.83. The molecule has 0 radical (unpaired) electrons. The van der Waals surface area contributed by atoms with Crippen LogP contribution in [0, 0.1) is 0 Å². The number of nitrogens with zero attached hydrogens (tertiary/aromatic N) is 1. The largest absolute Gasteiger partial charge is 0.331 e. The van der Waals surface area contributed by atoms with Crippen LogP contribution in [-0.2, 0) is 0 Å². The van der Waals surface area contributed by atoms with Gasteiger partial charge in [-0.25, -0.2) is 4.79 Å². The topological polar surface area (TPSA) is 54.0 Å². The molecule has 0 aliphatic carbocycles. The standard InChI is InChI=1S/C12H13N3OS/c1-9(11-3-2-8-17-11)14-12(16)15-10-4-6-13-7-5-10/h2-9H,1H3,(H2,13,14,15,16)/t9-/m0/s1. The SMILES string of the molecule is C[C@H](NC(=O)Nc1ccncc1)c1cccs1. The van der Waals surface area contributed by atoms with E-state index in [1.807, 2.05) is 24.4 Å². The predicted octanol–water partition coefficient (Wildman–Crippen LogP) is 3.03. The number of urea groups is 1. The first kappa shape index (κ1) is 11.6. The molecule has 0 spiro atoms. The fourth-order valence-electron chi connectivity index (χ4n) is 1.41. The molecule has 1 atom stereocenters. The lowest BCUT2D eigenvalue weighted by Gasteiger charge is -2.12. The molecular weight excluding hydrogens is 234 g/mol. The van der Waals surface area contributed by atoms with Gasteiger partial charge in [-0.3, -0.25) is 4.98 Å². The second kappa shape index (κ2) is 5.45. The van der Waals surface area contributed by atoms with Gasteiger partial charge in [0.15, 0.2) is 0 Å². The van der Waals surface area contributed by atoms with Gasteiger partial charge in [-0.2, -0.15) is 0 Å². The third-order valence-corrected chi connectivity index (χ3v) is 3.31. The van der Waals surface area contributed by atoms with Crippen molar-refractivity contribution in [2.45, 2.75) is 13.0 Å². The van der Waals surface area contributed by atoms with E-state index in [2.05, 4.69) is 15.6 Å². The number of rotatable bonds is 3. The van der Waals surface area contributed by atoms with Gasteiger partial charge in [0.2, 0.25) is 0 Å². The zero-order valence-electron chi connectivity index (χ0n) is 9.38. The molecule has 0 bridgehead atoms. The van der Waals surface area contributed by atoms with Crippen LogP contribution >= 0.6 is 11.3 Å². The van der Waals surface area contributed by atoms with Crippen LogP contribution in [0.1, 0.15) is 17.8 Å². The van der Waals surface area contributed by atoms with E-state index in [1.165, 1.54) is 0 Å². The van der Waals surface area contributed by atoms with Crippen molar-refractivity contribution in [1.29, 1.82) is 0 Å². The number of carbonyl (C=O) groups excluding carboxylic acids is 1. The quantitative estimate of drug-likeness (QED) is 0.876.